The Balaban J connectivity index is 0.000000459. The Bertz CT molecular complexity index is 402. The van der Waals surface area contributed by atoms with E-state index in [0.29, 0.717) is 3.39 Å². The van der Waals surface area contributed by atoms with Gasteiger partial charge in [0.05, 0.1) is 20.6 Å². The first-order chi connectivity index (χ1) is 8.78. The smallest absolute Gasteiger partial charge is 0.446 e. The summed E-state index contributed by atoms with van der Waals surface area (Å²) < 4.78 is 1.33. The van der Waals surface area contributed by atoms with Gasteiger partial charge in [0.15, 0.2) is 0 Å². The van der Waals surface area contributed by atoms with Gasteiger partial charge in [-0.05, 0) is 6.08 Å². The molecule has 6 heteroatoms. The van der Waals surface area contributed by atoms with Crippen molar-refractivity contribution in [3.63, 3.8) is 0 Å². The van der Waals surface area contributed by atoms with Crippen molar-refractivity contribution < 1.29 is 18.1 Å². The second kappa shape index (κ2) is 8.68. The lowest BCUT2D eigenvalue weighted by atomic mass is 10.2. The van der Waals surface area contributed by atoms with E-state index in [1.165, 1.54) is 5.56 Å². The van der Waals surface area contributed by atoms with Crippen molar-refractivity contribution in [3.8, 4) is 0 Å². The monoisotopic (exact) mass is 300 g/mol. The number of hydrogen-bond acceptors (Lipinski definition) is 2. The van der Waals surface area contributed by atoms with E-state index in [0.717, 1.165) is 17.6 Å². The van der Waals surface area contributed by atoms with E-state index in [4.69, 9.17) is 10.2 Å². The van der Waals surface area contributed by atoms with Crippen molar-refractivity contribution in [2.45, 2.75) is 6.54 Å². The average Bonchev–Trinajstić information content (AvgIpc) is 2.30. The van der Waals surface area contributed by atoms with E-state index in [1.807, 2.05) is 6.08 Å². The standard InChI is InChI=1S/C12H18N.CH2NO2S2/c1-4-10-13(2,3)11-12-8-6-5-7-9-12;3-1(4)2(5)6/h4-9H,1,10-11H2,2-3H3;(H2-,3,4,5,6)/q+1;-1. The lowest BCUT2D eigenvalue weighted by molar-refractivity contribution is -0.897. The van der Waals surface area contributed by atoms with Crippen LogP contribution in [0.4, 0.5) is 0 Å². The number of benzene rings is 1. The Kier molecular flexibility index (Phi) is 8.06. The predicted octanol–water partition coefficient (Wildman–Crippen LogP) is 1.84. The van der Waals surface area contributed by atoms with Gasteiger partial charge in [-0.1, -0.05) is 36.9 Å². The molecule has 0 aliphatic rings. The van der Waals surface area contributed by atoms with E-state index in [2.05, 4.69) is 76.6 Å². The van der Waals surface area contributed by atoms with Gasteiger partial charge in [0.25, 0.3) is 0 Å². The predicted molar refractivity (Wildman–Crippen MR) is 82.6 cm³/mol. The summed E-state index contributed by atoms with van der Waals surface area (Å²) in [5.41, 5.74) is 1.38. The topological polar surface area (TPSA) is 43.5 Å². The van der Waals surface area contributed by atoms with Gasteiger partial charge in [0, 0.05) is 5.56 Å². The maximum atomic E-state index is 7.82. The second-order valence-electron chi connectivity index (χ2n) is 4.61. The summed E-state index contributed by atoms with van der Waals surface area (Å²) in [4.78, 5) is 0. The molecule has 4 nitrogen and oxygen atoms in total. The van der Waals surface area contributed by atoms with Gasteiger partial charge >= 0.3 is 6.08 Å². The van der Waals surface area contributed by atoms with Crippen LogP contribution in [0.25, 0.3) is 0 Å². The van der Waals surface area contributed by atoms with Crippen LogP contribution in [0, 0.1) is 0 Å². The van der Waals surface area contributed by atoms with Crippen LogP contribution < -0.4 is 0 Å². The van der Waals surface area contributed by atoms with Gasteiger partial charge in [0.1, 0.15) is 6.54 Å². The third-order valence-corrected chi connectivity index (χ3v) is 2.57. The molecule has 0 bridgehead atoms. The first-order valence-electron chi connectivity index (χ1n) is 5.64. The highest BCUT2D eigenvalue weighted by atomic mass is 32.2. The molecule has 1 aromatic carbocycles. The molecule has 0 aliphatic heterocycles. The second-order valence-corrected chi connectivity index (χ2v) is 5.57. The van der Waals surface area contributed by atoms with E-state index < -0.39 is 6.08 Å². The van der Waals surface area contributed by atoms with E-state index in [-0.39, 0.29) is 0 Å². The van der Waals surface area contributed by atoms with Crippen molar-refractivity contribution in [1.82, 2.24) is 0 Å². The molecule has 0 amide bonds. The molecular formula is C13H20N2O2S2. The van der Waals surface area contributed by atoms with Gasteiger partial charge in [-0.25, -0.2) is 0 Å². The van der Waals surface area contributed by atoms with Gasteiger partial charge in [-0.15, -0.1) is 0 Å². The van der Waals surface area contributed by atoms with Gasteiger partial charge in [-0.3, -0.25) is 0 Å². The zero-order chi connectivity index (χ0) is 14.9. The molecule has 0 radical (unpaired) electrons. The van der Waals surface area contributed by atoms with Crippen LogP contribution in [-0.4, -0.2) is 44.8 Å². The fourth-order valence-electron chi connectivity index (χ4n) is 1.49. The van der Waals surface area contributed by atoms with Crippen LogP contribution in [0.2, 0.25) is 0 Å². The Morgan fingerprint density at radius 3 is 2.11 bits per heavy atom. The van der Waals surface area contributed by atoms with Crippen LogP contribution >= 0.6 is 0 Å². The highest BCUT2D eigenvalue weighted by Gasteiger charge is 2.12. The van der Waals surface area contributed by atoms with Crippen molar-refractivity contribution in [3.05, 3.63) is 48.6 Å². The summed E-state index contributed by atoms with van der Waals surface area (Å²) in [7, 11) is 4.43. The Hall–Kier alpha value is -1.37. The summed E-state index contributed by atoms with van der Waals surface area (Å²) in [6.45, 7) is 5.84. The lowest BCUT2D eigenvalue weighted by Crippen LogP contribution is -2.38. The van der Waals surface area contributed by atoms with Crippen LogP contribution in [0.3, 0.4) is 0 Å². The summed E-state index contributed by atoms with van der Waals surface area (Å²) in [5, 5.41) is 15.6. The summed E-state index contributed by atoms with van der Waals surface area (Å²) in [6.07, 6.45) is 0.947. The fourth-order valence-corrected chi connectivity index (χ4v) is 1.49. The number of hydrogen-bond donors (Lipinski definition) is 2. The molecule has 1 rings (SSSR count). The molecule has 0 fully saturated rings. The van der Waals surface area contributed by atoms with Gasteiger partial charge in [-0.2, -0.15) is 0 Å². The Morgan fingerprint density at radius 1 is 1.26 bits per heavy atom. The zero-order valence-corrected chi connectivity index (χ0v) is 12.8. The highest BCUT2D eigenvalue weighted by Crippen LogP contribution is 2.08. The highest BCUT2D eigenvalue weighted by molar-refractivity contribution is 7.65. The minimum atomic E-state index is -1.03. The molecule has 0 atom stereocenters. The molecule has 106 valence electrons. The molecule has 0 aromatic heterocycles. The van der Waals surface area contributed by atoms with Gasteiger partial charge < -0.3 is 43.7 Å². The maximum absolute atomic E-state index is 7.82. The average molecular weight is 300 g/mol. The number of aliphatic hydroxyl groups is 2. The quantitative estimate of drug-likeness (QED) is 0.222. The minimum absolute atomic E-state index is 0.361. The number of aliphatic hydroxyl groups excluding tert-OH is 1. The zero-order valence-electron chi connectivity index (χ0n) is 11.2. The SMILES string of the molecule is C=CC[N+](C)(C)Cc1ccccc1.OC(O)=[N+]([S-])[S-]. The molecule has 1 aromatic rings. The van der Waals surface area contributed by atoms with Crippen molar-refractivity contribution in [2.75, 3.05) is 20.6 Å². The molecule has 0 saturated heterocycles. The summed E-state index contributed by atoms with van der Waals surface area (Å²) in [6, 6.07) is 10.6. The molecule has 0 aliphatic carbocycles. The lowest BCUT2D eigenvalue weighted by Gasteiger charge is -2.28. The van der Waals surface area contributed by atoms with E-state index >= 15 is 0 Å². The number of likely N-dealkylation sites (N-methyl/N-ethyl adjacent to an activating group) is 1. The molecule has 2 N–H and O–H groups in total. The van der Waals surface area contributed by atoms with Crippen molar-refractivity contribution >= 4 is 31.7 Å². The molecule has 19 heavy (non-hydrogen) atoms. The summed E-state index contributed by atoms with van der Waals surface area (Å²) >= 11 is 8.03. The minimum Gasteiger partial charge on any atom is -0.446 e. The maximum Gasteiger partial charge on any atom is 0.513 e. The Labute approximate surface area is 126 Å². The fraction of sp³-hybridized carbons (Fsp3) is 0.308. The molecule has 0 spiro atoms. The van der Waals surface area contributed by atoms with Crippen LogP contribution in [0.5, 0.6) is 0 Å². The summed E-state index contributed by atoms with van der Waals surface area (Å²) in [5.74, 6) is 0. The third kappa shape index (κ3) is 9.24. The number of quaternary nitrogens is 1. The van der Waals surface area contributed by atoms with Crippen molar-refractivity contribution in [1.29, 1.82) is 0 Å². The van der Waals surface area contributed by atoms with Crippen LogP contribution in [0.1, 0.15) is 5.56 Å². The largest absolute Gasteiger partial charge is 0.513 e. The van der Waals surface area contributed by atoms with E-state index in [9.17, 15) is 0 Å². The number of rotatable bonds is 4. The molecule has 0 heterocycles. The molecular weight excluding hydrogens is 280 g/mol. The third-order valence-electron chi connectivity index (χ3n) is 2.24. The van der Waals surface area contributed by atoms with Crippen LogP contribution in [-0.2, 0) is 32.2 Å². The van der Waals surface area contributed by atoms with Crippen LogP contribution in [0.15, 0.2) is 43.0 Å². The first kappa shape index (κ1) is 17.6. The molecule has 0 unspecified atom stereocenters. The van der Waals surface area contributed by atoms with Gasteiger partial charge in [0.2, 0.25) is 0 Å². The number of nitrogens with zero attached hydrogens (tertiary/aromatic N) is 2. The molecule has 0 saturated carbocycles. The van der Waals surface area contributed by atoms with Crippen molar-refractivity contribution in [2.24, 2.45) is 0 Å². The Morgan fingerprint density at radius 2 is 1.74 bits per heavy atom. The first-order valence-corrected chi connectivity index (χ1v) is 6.37. The van der Waals surface area contributed by atoms with E-state index in [1.54, 1.807) is 0 Å². The normalized spacial score (nSPS) is 10.0.